The Kier molecular flexibility index (Phi) is 3.58. The lowest BCUT2D eigenvalue weighted by molar-refractivity contribution is 0.756. The molecule has 2 nitrogen and oxygen atoms in total. The number of fused-ring (bicyclic) bond motifs is 1. The number of nitrogens with zero attached hydrogens (tertiary/aromatic N) is 1. The van der Waals surface area contributed by atoms with Crippen molar-refractivity contribution in [2.45, 2.75) is 27.3 Å². The lowest BCUT2D eigenvalue weighted by Crippen LogP contribution is -2.45. The third-order valence-electron chi connectivity index (χ3n) is 3.18. The van der Waals surface area contributed by atoms with Gasteiger partial charge in [0.1, 0.15) is 0 Å². The molecule has 2 aromatic rings. The van der Waals surface area contributed by atoms with Crippen LogP contribution in [0, 0.1) is 0 Å². The van der Waals surface area contributed by atoms with Crippen LogP contribution in [0.2, 0.25) is 5.02 Å². The number of hydrogen-bond donors (Lipinski definition) is 0. The van der Waals surface area contributed by atoms with Gasteiger partial charge in [0.25, 0.3) is 0 Å². The number of rotatable bonds is 1. The standard InChI is InChI=1S/C15H16ClNO/c1-4-11-13(5-2)17(6-3)14-8-7-10(16)9-12(14)15(11)18/h4-5,7-9H,6H2,1-3H3/b11-4+,13-5+. The first kappa shape index (κ1) is 12.9. The molecule has 0 aliphatic rings. The van der Waals surface area contributed by atoms with Crippen LogP contribution in [0.1, 0.15) is 20.8 Å². The molecule has 18 heavy (non-hydrogen) atoms. The quantitative estimate of drug-likeness (QED) is 0.772. The fourth-order valence-corrected chi connectivity index (χ4v) is 2.57. The molecule has 0 amide bonds. The van der Waals surface area contributed by atoms with Gasteiger partial charge in [-0.15, -0.1) is 0 Å². The Bertz CT molecular complexity index is 772. The van der Waals surface area contributed by atoms with Crippen molar-refractivity contribution in [3.8, 4) is 0 Å². The second-order valence-corrected chi connectivity index (χ2v) is 4.55. The Morgan fingerprint density at radius 3 is 2.56 bits per heavy atom. The highest BCUT2D eigenvalue weighted by molar-refractivity contribution is 6.31. The summed E-state index contributed by atoms with van der Waals surface area (Å²) in [7, 11) is 0. The van der Waals surface area contributed by atoms with E-state index in [1.54, 1.807) is 6.07 Å². The van der Waals surface area contributed by atoms with Gasteiger partial charge in [-0.3, -0.25) is 4.79 Å². The Morgan fingerprint density at radius 1 is 1.28 bits per heavy atom. The minimum Gasteiger partial charge on any atom is -0.341 e. The van der Waals surface area contributed by atoms with E-state index >= 15 is 0 Å². The normalized spacial score (nSPS) is 13.6. The van der Waals surface area contributed by atoms with Crippen LogP contribution in [0.3, 0.4) is 0 Å². The average Bonchev–Trinajstić information content (AvgIpc) is 2.38. The van der Waals surface area contributed by atoms with Crippen LogP contribution >= 0.6 is 11.6 Å². The molecule has 1 aromatic carbocycles. The molecule has 1 aromatic heterocycles. The molecular formula is C15H16ClNO. The maximum absolute atomic E-state index is 12.4. The van der Waals surface area contributed by atoms with Crippen LogP contribution in [0.5, 0.6) is 0 Å². The maximum Gasteiger partial charge on any atom is 0.196 e. The van der Waals surface area contributed by atoms with E-state index in [1.165, 1.54) is 0 Å². The lowest BCUT2D eigenvalue weighted by atomic mass is 10.1. The zero-order valence-electron chi connectivity index (χ0n) is 10.8. The van der Waals surface area contributed by atoms with Crippen molar-refractivity contribution >= 4 is 34.7 Å². The van der Waals surface area contributed by atoms with Gasteiger partial charge in [-0.1, -0.05) is 23.8 Å². The number of aromatic nitrogens is 1. The Morgan fingerprint density at radius 2 is 2.00 bits per heavy atom. The van der Waals surface area contributed by atoms with E-state index in [-0.39, 0.29) is 5.43 Å². The average molecular weight is 262 g/mol. The molecule has 0 N–H and O–H groups in total. The summed E-state index contributed by atoms with van der Waals surface area (Å²) in [4.78, 5) is 12.4. The predicted octanol–water partition coefficient (Wildman–Crippen LogP) is 2.28. The summed E-state index contributed by atoms with van der Waals surface area (Å²) in [5, 5.41) is 2.99. The summed E-state index contributed by atoms with van der Waals surface area (Å²) in [6, 6.07) is 5.48. The molecule has 1 heterocycles. The first-order valence-electron chi connectivity index (χ1n) is 6.08. The highest BCUT2D eigenvalue weighted by Crippen LogP contribution is 2.14. The second kappa shape index (κ2) is 4.99. The van der Waals surface area contributed by atoms with E-state index in [0.717, 1.165) is 22.6 Å². The Hall–Kier alpha value is -1.54. The van der Waals surface area contributed by atoms with Crippen molar-refractivity contribution < 1.29 is 0 Å². The van der Waals surface area contributed by atoms with Crippen LogP contribution in [-0.2, 0) is 6.54 Å². The molecule has 0 spiro atoms. The smallest absolute Gasteiger partial charge is 0.196 e. The third kappa shape index (κ3) is 1.87. The van der Waals surface area contributed by atoms with Crippen LogP contribution in [0.4, 0.5) is 0 Å². The minimum atomic E-state index is 0.0489. The van der Waals surface area contributed by atoms with Gasteiger partial charge in [0, 0.05) is 27.5 Å². The van der Waals surface area contributed by atoms with E-state index in [0.29, 0.717) is 10.4 Å². The Labute approximate surface area is 111 Å². The highest BCUT2D eigenvalue weighted by atomic mass is 35.5. The van der Waals surface area contributed by atoms with Gasteiger partial charge in [-0.2, -0.15) is 0 Å². The van der Waals surface area contributed by atoms with Gasteiger partial charge in [-0.25, -0.2) is 0 Å². The van der Waals surface area contributed by atoms with Gasteiger partial charge < -0.3 is 4.57 Å². The van der Waals surface area contributed by atoms with Crippen LogP contribution < -0.4 is 16.0 Å². The van der Waals surface area contributed by atoms with Crippen molar-refractivity contribution in [1.29, 1.82) is 0 Å². The SMILES string of the molecule is C/C=c1/c(=O)c2cc(Cl)ccc2n(CC)/c1=C/C. The van der Waals surface area contributed by atoms with Gasteiger partial charge in [0.2, 0.25) is 0 Å². The summed E-state index contributed by atoms with van der Waals surface area (Å²) < 4.78 is 2.14. The number of benzene rings is 1. The van der Waals surface area contributed by atoms with Crippen molar-refractivity contribution in [3.05, 3.63) is 44.0 Å². The van der Waals surface area contributed by atoms with Crippen molar-refractivity contribution in [1.82, 2.24) is 4.57 Å². The predicted molar refractivity (Wildman–Crippen MR) is 78.4 cm³/mol. The van der Waals surface area contributed by atoms with Crippen molar-refractivity contribution in [2.24, 2.45) is 0 Å². The van der Waals surface area contributed by atoms with Crippen LogP contribution in [0.25, 0.3) is 23.1 Å². The fraction of sp³-hybridized carbons (Fsp3) is 0.267. The third-order valence-corrected chi connectivity index (χ3v) is 3.42. The van der Waals surface area contributed by atoms with E-state index in [1.807, 2.05) is 38.1 Å². The molecule has 0 atom stereocenters. The summed E-state index contributed by atoms with van der Waals surface area (Å²) in [5.41, 5.74) is 0.985. The molecule has 0 radical (unpaired) electrons. The molecule has 0 aliphatic carbocycles. The lowest BCUT2D eigenvalue weighted by Gasteiger charge is -2.11. The second-order valence-electron chi connectivity index (χ2n) is 4.11. The van der Waals surface area contributed by atoms with E-state index in [4.69, 9.17) is 11.6 Å². The van der Waals surface area contributed by atoms with Gasteiger partial charge in [0.15, 0.2) is 5.43 Å². The van der Waals surface area contributed by atoms with Crippen molar-refractivity contribution in [2.75, 3.05) is 0 Å². The monoisotopic (exact) mass is 261 g/mol. The van der Waals surface area contributed by atoms with Gasteiger partial charge in [0.05, 0.1) is 5.52 Å². The van der Waals surface area contributed by atoms with Crippen LogP contribution in [0.15, 0.2) is 23.0 Å². The molecular weight excluding hydrogens is 246 g/mol. The molecule has 0 unspecified atom stereocenters. The summed E-state index contributed by atoms with van der Waals surface area (Å²) >= 11 is 5.99. The fourth-order valence-electron chi connectivity index (χ4n) is 2.39. The summed E-state index contributed by atoms with van der Waals surface area (Å²) in [5.74, 6) is 0. The summed E-state index contributed by atoms with van der Waals surface area (Å²) in [6.07, 6.45) is 3.85. The number of pyridine rings is 1. The molecule has 0 aliphatic heterocycles. The van der Waals surface area contributed by atoms with Gasteiger partial charge in [-0.05, 0) is 39.0 Å². The van der Waals surface area contributed by atoms with E-state index < -0.39 is 0 Å². The Balaban J connectivity index is 3.22. The molecule has 94 valence electrons. The van der Waals surface area contributed by atoms with E-state index in [2.05, 4.69) is 11.5 Å². The zero-order valence-corrected chi connectivity index (χ0v) is 11.6. The first-order valence-corrected chi connectivity index (χ1v) is 6.46. The number of hydrogen-bond acceptors (Lipinski definition) is 1. The van der Waals surface area contributed by atoms with Gasteiger partial charge >= 0.3 is 0 Å². The molecule has 2 rings (SSSR count). The molecule has 0 fully saturated rings. The molecule has 0 bridgehead atoms. The topological polar surface area (TPSA) is 22.0 Å². The highest BCUT2D eigenvalue weighted by Gasteiger charge is 2.06. The largest absolute Gasteiger partial charge is 0.341 e. The minimum absolute atomic E-state index is 0.0489. The van der Waals surface area contributed by atoms with Crippen molar-refractivity contribution in [3.63, 3.8) is 0 Å². The maximum atomic E-state index is 12.4. The summed E-state index contributed by atoms with van der Waals surface area (Å²) in [6.45, 7) is 6.74. The molecule has 0 saturated carbocycles. The van der Waals surface area contributed by atoms with E-state index in [9.17, 15) is 4.79 Å². The van der Waals surface area contributed by atoms with Crippen LogP contribution in [-0.4, -0.2) is 4.57 Å². The molecule has 3 heteroatoms. The number of aryl methyl sites for hydroxylation is 1. The zero-order chi connectivity index (χ0) is 13.3. The molecule has 0 saturated heterocycles. The number of halogens is 1. The first-order chi connectivity index (χ1) is 8.63.